The highest BCUT2D eigenvalue weighted by Crippen LogP contribution is 2.34. The van der Waals surface area contributed by atoms with E-state index in [9.17, 15) is 4.79 Å². The van der Waals surface area contributed by atoms with Crippen LogP contribution in [-0.2, 0) is 11.2 Å². The summed E-state index contributed by atoms with van der Waals surface area (Å²) in [5.74, 6) is 0.765. The van der Waals surface area contributed by atoms with Crippen molar-refractivity contribution < 1.29 is 14.3 Å². The highest BCUT2D eigenvalue weighted by molar-refractivity contribution is 7.22. The van der Waals surface area contributed by atoms with E-state index in [1.165, 1.54) is 0 Å². The zero-order valence-electron chi connectivity index (χ0n) is 16.3. The molecule has 1 saturated heterocycles. The highest BCUT2D eigenvalue weighted by atomic mass is 32.1. The fourth-order valence-corrected chi connectivity index (χ4v) is 5.14. The summed E-state index contributed by atoms with van der Waals surface area (Å²) < 4.78 is 12.0. The summed E-state index contributed by atoms with van der Waals surface area (Å²) in [6.45, 7) is 2.42. The number of anilines is 2. The van der Waals surface area contributed by atoms with Gasteiger partial charge >= 0.3 is 0 Å². The molecule has 5 rings (SSSR count). The number of fused-ring (bicyclic) bond motifs is 2. The first-order valence-corrected chi connectivity index (χ1v) is 10.8. The first kappa shape index (κ1) is 18.4. The average molecular weight is 410 g/mol. The quantitative estimate of drug-likeness (QED) is 0.687. The molecule has 1 N–H and O–H groups in total. The Morgan fingerprint density at radius 1 is 1.34 bits per heavy atom. The molecule has 1 fully saturated rings. The Kier molecular flexibility index (Phi) is 4.85. The molecule has 7 heteroatoms. The Bertz CT molecular complexity index is 1060. The third-order valence-electron chi connectivity index (χ3n) is 5.57. The lowest BCUT2D eigenvalue weighted by molar-refractivity contribution is 0.102. The van der Waals surface area contributed by atoms with E-state index < -0.39 is 0 Å². The molecule has 0 spiro atoms. The van der Waals surface area contributed by atoms with Gasteiger partial charge in [0.1, 0.15) is 5.75 Å². The van der Waals surface area contributed by atoms with Crippen LogP contribution in [0.4, 0.5) is 10.8 Å². The fraction of sp³-hybridized carbons (Fsp3) is 0.364. The normalized spacial score (nSPS) is 18.1. The Morgan fingerprint density at radius 3 is 3.17 bits per heavy atom. The number of ether oxygens (including phenoxy) is 2. The minimum Gasteiger partial charge on any atom is -0.493 e. The molecule has 2 aliphatic rings. The van der Waals surface area contributed by atoms with Crippen LogP contribution in [-0.4, -0.2) is 43.8 Å². The molecular formula is C22H23N3O3S. The third-order valence-corrected chi connectivity index (χ3v) is 6.64. The summed E-state index contributed by atoms with van der Waals surface area (Å²) in [4.78, 5) is 19.9. The monoisotopic (exact) mass is 409 g/mol. The number of hydrogen-bond donors (Lipinski definition) is 1. The van der Waals surface area contributed by atoms with Crippen molar-refractivity contribution in [1.82, 2.24) is 4.98 Å². The molecule has 0 bridgehead atoms. The molecule has 2 aliphatic heterocycles. The average Bonchev–Trinajstić information content (AvgIpc) is 3.46. The van der Waals surface area contributed by atoms with Crippen LogP contribution in [0.2, 0.25) is 0 Å². The summed E-state index contributed by atoms with van der Waals surface area (Å²) in [6, 6.07) is 11.9. The summed E-state index contributed by atoms with van der Waals surface area (Å²) in [5, 5.41) is 4.03. The van der Waals surface area contributed by atoms with Crippen LogP contribution in [0.15, 0.2) is 36.4 Å². The molecule has 29 heavy (non-hydrogen) atoms. The van der Waals surface area contributed by atoms with Crippen molar-refractivity contribution in [1.29, 1.82) is 0 Å². The standard InChI is InChI=1S/C22H23N3O3S/c1-27-13-17-3-2-9-25(17)22-24-18-12-16(5-7-20(18)29-22)23-21(26)15-4-6-19-14(11-15)8-10-28-19/h4-7,11-12,17H,2-3,8-10,13H2,1H3,(H,23,26). The Hall–Kier alpha value is -2.64. The summed E-state index contributed by atoms with van der Waals surface area (Å²) in [6.07, 6.45) is 3.15. The minimum absolute atomic E-state index is 0.116. The van der Waals surface area contributed by atoms with Crippen molar-refractivity contribution in [2.45, 2.75) is 25.3 Å². The van der Waals surface area contributed by atoms with E-state index in [1.54, 1.807) is 18.4 Å². The van der Waals surface area contributed by atoms with Crippen LogP contribution < -0.4 is 15.0 Å². The van der Waals surface area contributed by atoms with E-state index in [4.69, 9.17) is 14.5 Å². The summed E-state index contributed by atoms with van der Waals surface area (Å²) in [5.41, 5.74) is 3.40. The van der Waals surface area contributed by atoms with E-state index in [-0.39, 0.29) is 5.91 Å². The largest absolute Gasteiger partial charge is 0.493 e. The maximum Gasteiger partial charge on any atom is 0.255 e. The molecule has 1 amide bonds. The Morgan fingerprint density at radius 2 is 2.28 bits per heavy atom. The molecule has 0 aliphatic carbocycles. The van der Waals surface area contributed by atoms with Gasteiger partial charge in [-0.15, -0.1) is 0 Å². The Balaban J connectivity index is 1.35. The molecule has 6 nitrogen and oxygen atoms in total. The first-order chi connectivity index (χ1) is 14.2. The molecule has 1 unspecified atom stereocenters. The van der Waals surface area contributed by atoms with Gasteiger partial charge in [0, 0.05) is 31.3 Å². The van der Waals surface area contributed by atoms with Crippen molar-refractivity contribution in [3.63, 3.8) is 0 Å². The van der Waals surface area contributed by atoms with E-state index >= 15 is 0 Å². The Labute approximate surface area is 173 Å². The number of carbonyl (C=O) groups excluding carboxylic acids is 1. The zero-order chi connectivity index (χ0) is 19.8. The second-order valence-electron chi connectivity index (χ2n) is 7.50. The van der Waals surface area contributed by atoms with Gasteiger partial charge in [0.05, 0.1) is 29.5 Å². The molecule has 1 aromatic heterocycles. The molecule has 0 radical (unpaired) electrons. The van der Waals surface area contributed by atoms with Gasteiger partial charge in [0.25, 0.3) is 5.91 Å². The molecule has 0 saturated carbocycles. The van der Waals surface area contributed by atoms with E-state index in [0.29, 0.717) is 18.2 Å². The van der Waals surface area contributed by atoms with Crippen molar-refractivity contribution >= 4 is 38.3 Å². The van der Waals surface area contributed by atoms with Crippen molar-refractivity contribution in [3.8, 4) is 5.75 Å². The second-order valence-corrected chi connectivity index (χ2v) is 8.51. The molecule has 150 valence electrons. The van der Waals surface area contributed by atoms with Crippen molar-refractivity contribution in [3.05, 3.63) is 47.5 Å². The summed E-state index contributed by atoms with van der Waals surface area (Å²) >= 11 is 1.69. The number of nitrogens with one attached hydrogen (secondary N) is 1. The number of rotatable bonds is 5. The van der Waals surface area contributed by atoms with Crippen molar-refractivity contribution in [2.24, 2.45) is 0 Å². The number of methoxy groups -OCH3 is 1. The van der Waals surface area contributed by atoms with Crippen LogP contribution >= 0.6 is 11.3 Å². The minimum atomic E-state index is -0.116. The second kappa shape index (κ2) is 7.65. The van der Waals surface area contributed by atoms with Crippen LogP contribution in [0.1, 0.15) is 28.8 Å². The van der Waals surface area contributed by atoms with Gasteiger partial charge in [-0.3, -0.25) is 4.79 Å². The van der Waals surface area contributed by atoms with Gasteiger partial charge in [-0.05, 0) is 54.8 Å². The third kappa shape index (κ3) is 3.56. The first-order valence-electron chi connectivity index (χ1n) is 9.94. The lowest BCUT2D eigenvalue weighted by atomic mass is 10.1. The van der Waals surface area contributed by atoms with Crippen LogP contribution in [0.5, 0.6) is 5.75 Å². The van der Waals surface area contributed by atoms with Gasteiger partial charge in [-0.25, -0.2) is 4.98 Å². The molecule has 3 heterocycles. The van der Waals surface area contributed by atoms with E-state index in [2.05, 4.69) is 10.2 Å². The topological polar surface area (TPSA) is 63.7 Å². The zero-order valence-corrected chi connectivity index (χ0v) is 17.1. The number of benzene rings is 2. The van der Waals surface area contributed by atoms with Gasteiger partial charge in [-0.1, -0.05) is 11.3 Å². The SMILES string of the molecule is COCC1CCCN1c1nc2cc(NC(=O)c3ccc4c(c3)CCO4)ccc2s1. The molecule has 2 aromatic carbocycles. The van der Waals surface area contributed by atoms with Crippen LogP contribution in [0.25, 0.3) is 10.2 Å². The fourth-order valence-electron chi connectivity index (χ4n) is 4.10. The molecule has 1 atom stereocenters. The van der Waals surface area contributed by atoms with E-state index in [1.807, 2.05) is 36.4 Å². The molecular weight excluding hydrogens is 386 g/mol. The maximum absolute atomic E-state index is 12.7. The van der Waals surface area contributed by atoms with Crippen LogP contribution in [0.3, 0.4) is 0 Å². The van der Waals surface area contributed by atoms with Gasteiger partial charge in [0.2, 0.25) is 0 Å². The molecule has 3 aromatic rings. The van der Waals surface area contributed by atoms with E-state index in [0.717, 1.165) is 64.8 Å². The lowest BCUT2D eigenvalue weighted by Gasteiger charge is -2.22. The predicted octanol–water partition coefficient (Wildman–Crippen LogP) is 4.10. The number of aromatic nitrogens is 1. The van der Waals surface area contributed by atoms with Crippen molar-refractivity contribution in [2.75, 3.05) is 37.1 Å². The number of thiazole rings is 1. The lowest BCUT2D eigenvalue weighted by Crippen LogP contribution is -2.32. The number of nitrogens with zero attached hydrogens (tertiary/aromatic N) is 2. The number of carbonyl (C=O) groups is 1. The van der Waals surface area contributed by atoms with Gasteiger partial charge in [0.15, 0.2) is 5.13 Å². The maximum atomic E-state index is 12.7. The smallest absolute Gasteiger partial charge is 0.255 e. The number of amides is 1. The highest BCUT2D eigenvalue weighted by Gasteiger charge is 2.27. The number of hydrogen-bond acceptors (Lipinski definition) is 6. The predicted molar refractivity (Wildman–Crippen MR) is 115 cm³/mol. The van der Waals surface area contributed by atoms with Crippen LogP contribution in [0, 0.1) is 0 Å². The summed E-state index contributed by atoms with van der Waals surface area (Å²) in [7, 11) is 1.75. The van der Waals surface area contributed by atoms with Gasteiger partial charge < -0.3 is 19.7 Å². The van der Waals surface area contributed by atoms with Gasteiger partial charge in [-0.2, -0.15) is 0 Å².